The fourth-order valence-electron chi connectivity index (χ4n) is 2.02. The Balaban J connectivity index is 2.48. The highest BCUT2D eigenvalue weighted by Gasteiger charge is 2.14. The van der Waals surface area contributed by atoms with Gasteiger partial charge in [0.15, 0.2) is 0 Å². The van der Waals surface area contributed by atoms with E-state index < -0.39 is 0 Å². The molecule has 6 nitrogen and oxygen atoms in total. The van der Waals surface area contributed by atoms with Crippen LogP contribution in [-0.4, -0.2) is 42.6 Å². The van der Waals surface area contributed by atoms with Gasteiger partial charge in [0.05, 0.1) is 0 Å². The summed E-state index contributed by atoms with van der Waals surface area (Å²) in [5.74, 6) is 1.84. The van der Waals surface area contributed by atoms with Crippen LogP contribution in [-0.2, 0) is 0 Å². The normalized spacial score (nSPS) is 10.3. The van der Waals surface area contributed by atoms with E-state index >= 15 is 0 Å². The van der Waals surface area contributed by atoms with Crippen molar-refractivity contribution in [3.8, 4) is 0 Å². The van der Waals surface area contributed by atoms with E-state index in [2.05, 4.69) is 57.2 Å². The number of aromatic nitrogens is 3. The zero-order valence-electron chi connectivity index (χ0n) is 13.3. The summed E-state index contributed by atoms with van der Waals surface area (Å²) >= 11 is 0. The molecule has 0 saturated carbocycles. The van der Waals surface area contributed by atoms with Gasteiger partial charge in [-0.2, -0.15) is 15.0 Å². The molecule has 1 N–H and O–H groups in total. The second-order valence-corrected chi connectivity index (χ2v) is 4.99. The summed E-state index contributed by atoms with van der Waals surface area (Å²) < 4.78 is 0. The Hall–Kier alpha value is -2.37. The van der Waals surface area contributed by atoms with Crippen molar-refractivity contribution in [1.29, 1.82) is 0 Å². The molecule has 0 unspecified atom stereocenters. The van der Waals surface area contributed by atoms with Gasteiger partial charge in [0, 0.05) is 33.4 Å². The smallest absolute Gasteiger partial charge is 0.236 e. The molecule has 0 saturated heterocycles. The maximum absolute atomic E-state index is 4.55. The van der Waals surface area contributed by atoms with Gasteiger partial charge in [-0.15, -0.1) is 0 Å². The third-order valence-electron chi connectivity index (χ3n) is 3.11. The van der Waals surface area contributed by atoms with Crippen LogP contribution in [0.25, 0.3) is 0 Å². The van der Waals surface area contributed by atoms with Crippen molar-refractivity contribution < 1.29 is 0 Å². The van der Waals surface area contributed by atoms with E-state index in [1.165, 1.54) is 5.56 Å². The molecular weight excluding hydrogens is 264 g/mol. The zero-order valence-corrected chi connectivity index (χ0v) is 13.3. The molecule has 2 aromatic rings. The van der Waals surface area contributed by atoms with Crippen LogP contribution in [0, 0.1) is 6.92 Å². The number of nitrogens with one attached hydrogen (secondary N) is 1. The predicted octanol–water partition coefficient (Wildman–Crippen LogP) is 2.45. The minimum absolute atomic E-state index is 0.565. The van der Waals surface area contributed by atoms with Gasteiger partial charge in [-0.05, 0) is 31.5 Å². The van der Waals surface area contributed by atoms with Crippen molar-refractivity contribution in [3.05, 3.63) is 29.8 Å². The summed E-state index contributed by atoms with van der Waals surface area (Å²) in [6.07, 6.45) is 0. The summed E-state index contributed by atoms with van der Waals surface area (Å²) in [6, 6.07) is 8.31. The van der Waals surface area contributed by atoms with Crippen LogP contribution < -0.4 is 15.1 Å². The molecule has 1 aromatic carbocycles. The number of hydrogen-bond acceptors (Lipinski definition) is 6. The van der Waals surface area contributed by atoms with E-state index in [4.69, 9.17) is 0 Å². The lowest BCUT2D eigenvalue weighted by Crippen LogP contribution is -2.22. The largest absolute Gasteiger partial charge is 0.357 e. The van der Waals surface area contributed by atoms with Crippen LogP contribution >= 0.6 is 0 Å². The van der Waals surface area contributed by atoms with Crippen LogP contribution in [0.5, 0.6) is 0 Å². The Morgan fingerprint density at radius 3 is 2.38 bits per heavy atom. The monoisotopic (exact) mass is 286 g/mol. The summed E-state index contributed by atoms with van der Waals surface area (Å²) in [4.78, 5) is 17.3. The standard InChI is InChI=1S/C15H22N6/c1-6-21(12-9-7-8-11(2)10-12)15-18-13(16-3)17-14(19-15)20(4)5/h7-10H,6H2,1-5H3,(H,16,17,18,19). The molecule has 0 bridgehead atoms. The van der Waals surface area contributed by atoms with Crippen LogP contribution in [0.15, 0.2) is 24.3 Å². The van der Waals surface area contributed by atoms with E-state index in [9.17, 15) is 0 Å². The lowest BCUT2D eigenvalue weighted by molar-refractivity contribution is 0.897. The molecule has 1 heterocycles. The van der Waals surface area contributed by atoms with Gasteiger partial charge in [0.2, 0.25) is 17.8 Å². The van der Waals surface area contributed by atoms with Crippen molar-refractivity contribution in [2.75, 3.05) is 42.8 Å². The van der Waals surface area contributed by atoms with Crippen LogP contribution in [0.2, 0.25) is 0 Å². The molecule has 0 spiro atoms. The Morgan fingerprint density at radius 2 is 1.81 bits per heavy atom. The summed E-state index contributed by atoms with van der Waals surface area (Å²) in [5, 5.41) is 2.99. The number of rotatable bonds is 5. The van der Waals surface area contributed by atoms with Gasteiger partial charge in [-0.25, -0.2) is 0 Å². The van der Waals surface area contributed by atoms with Crippen molar-refractivity contribution in [2.24, 2.45) is 0 Å². The fraction of sp³-hybridized carbons (Fsp3) is 0.400. The van der Waals surface area contributed by atoms with Crippen LogP contribution in [0.4, 0.5) is 23.5 Å². The number of anilines is 4. The maximum Gasteiger partial charge on any atom is 0.236 e. The number of aryl methyl sites for hydroxylation is 1. The van der Waals surface area contributed by atoms with E-state index in [0.717, 1.165) is 12.2 Å². The zero-order chi connectivity index (χ0) is 15.4. The predicted molar refractivity (Wildman–Crippen MR) is 87.6 cm³/mol. The summed E-state index contributed by atoms with van der Waals surface area (Å²) in [6.45, 7) is 4.94. The third kappa shape index (κ3) is 3.39. The van der Waals surface area contributed by atoms with Crippen molar-refractivity contribution >= 4 is 23.5 Å². The molecule has 0 fully saturated rings. The Labute approximate surface area is 125 Å². The molecule has 1 aromatic heterocycles. The Morgan fingerprint density at radius 1 is 1.10 bits per heavy atom. The molecule has 0 aliphatic heterocycles. The van der Waals surface area contributed by atoms with Gasteiger partial charge in [0.25, 0.3) is 0 Å². The molecule has 0 amide bonds. The second kappa shape index (κ2) is 6.39. The maximum atomic E-state index is 4.55. The highest BCUT2D eigenvalue weighted by atomic mass is 15.3. The minimum Gasteiger partial charge on any atom is -0.357 e. The fourth-order valence-corrected chi connectivity index (χ4v) is 2.02. The molecular formula is C15H22N6. The number of nitrogens with zero attached hydrogens (tertiary/aromatic N) is 5. The van der Waals surface area contributed by atoms with E-state index in [1.807, 2.05) is 32.1 Å². The molecule has 0 atom stereocenters. The highest BCUT2D eigenvalue weighted by Crippen LogP contribution is 2.24. The quantitative estimate of drug-likeness (QED) is 0.911. The topological polar surface area (TPSA) is 57.2 Å². The lowest BCUT2D eigenvalue weighted by atomic mass is 10.2. The van der Waals surface area contributed by atoms with Crippen LogP contribution in [0.1, 0.15) is 12.5 Å². The van der Waals surface area contributed by atoms with E-state index in [-0.39, 0.29) is 0 Å². The van der Waals surface area contributed by atoms with E-state index in [0.29, 0.717) is 17.8 Å². The Kier molecular flexibility index (Phi) is 4.57. The van der Waals surface area contributed by atoms with Crippen molar-refractivity contribution in [3.63, 3.8) is 0 Å². The molecule has 0 aliphatic rings. The molecule has 21 heavy (non-hydrogen) atoms. The third-order valence-corrected chi connectivity index (χ3v) is 3.11. The van der Waals surface area contributed by atoms with Gasteiger partial charge >= 0.3 is 0 Å². The lowest BCUT2D eigenvalue weighted by Gasteiger charge is -2.23. The van der Waals surface area contributed by atoms with Crippen LogP contribution in [0.3, 0.4) is 0 Å². The molecule has 0 radical (unpaired) electrons. The molecule has 112 valence electrons. The van der Waals surface area contributed by atoms with Crippen molar-refractivity contribution in [2.45, 2.75) is 13.8 Å². The molecule has 2 rings (SSSR count). The average molecular weight is 286 g/mol. The van der Waals surface area contributed by atoms with Gasteiger partial charge in [-0.3, -0.25) is 0 Å². The molecule has 0 aliphatic carbocycles. The molecule has 6 heteroatoms. The van der Waals surface area contributed by atoms with Crippen molar-refractivity contribution in [1.82, 2.24) is 15.0 Å². The van der Waals surface area contributed by atoms with Gasteiger partial charge < -0.3 is 15.1 Å². The SMILES string of the molecule is CCN(c1cccc(C)c1)c1nc(NC)nc(N(C)C)n1. The summed E-state index contributed by atoms with van der Waals surface area (Å²) in [7, 11) is 5.64. The number of hydrogen-bond donors (Lipinski definition) is 1. The number of benzene rings is 1. The Bertz CT molecular complexity index is 611. The second-order valence-electron chi connectivity index (χ2n) is 4.99. The average Bonchev–Trinajstić information content (AvgIpc) is 2.47. The first-order valence-corrected chi connectivity index (χ1v) is 7.00. The van der Waals surface area contributed by atoms with Gasteiger partial charge in [0.1, 0.15) is 0 Å². The first kappa shape index (κ1) is 15.0. The van der Waals surface area contributed by atoms with Gasteiger partial charge in [-0.1, -0.05) is 12.1 Å². The highest BCUT2D eigenvalue weighted by molar-refractivity contribution is 5.60. The first-order valence-electron chi connectivity index (χ1n) is 7.00. The summed E-state index contributed by atoms with van der Waals surface area (Å²) in [5.41, 5.74) is 2.29. The van der Waals surface area contributed by atoms with E-state index in [1.54, 1.807) is 0 Å². The first-order chi connectivity index (χ1) is 10.0. The minimum atomic E-state index is 0.565.